The maximum Gasteiger partial charge on any atom is 0.156 e. The molecule has 124 valence electrons. The molecule has 0 radical (unpaired) electrons. The number of rotatable bonds is 1. The van der Waals surface area contributed by atoms with E-state index in [0.29, 0.717) is 18.4 Å². The first-order chi connectivity index (χ1) is 11.5. The molecule has 2 unspecified atom stereocenters. The number of benzene rings is 2. The predicted molar refractivity (Wildman–Crippen MR) is 92.6 cm³/mol. The lowest BCUT2D eigenvalue weighted by molar-refractivity contribution is 0.0180. The van der Waals surface area contributed by atoms with Gasteiger partial charge in [0.2, 0.25) is 0 Å². The lowest BCUT2D eigenvalue weighted by Gasteiger charge is -2.36. The molecule has 4 nitrogen and oxygen atoms in total. The van der Waals surface area contributed by atoms with E-state index in [9.17, 15) is 13.5 Å². The van der Waals surface area contributed by atoms with E-state index < -0.39 is 25.9 Å². The van der Waals surface area contributed by atoms with Gasteiger partial charge in [-0.1, -0.05) is 36.4 Å². The van der Waals surface area contributed by atoms with Gasteiger partial charge in [-0.15, -0.1) is 0 Å². The van der Waals surface area contributed by atoms with Crippen LogP contribution < -0.4 is 0 Å². The van der Waals surface area contributed by atoms with Gasteiger partial charge in [-0.25, -0.2) is 8.42 Å². The van der Waals surface area contributed by atoms with Crippen molar-refractivity contribution in [1.29, 1.82) is 0 Å². The molecule has 2 bridgehead atoms. The maximum absolute atomic E-state index is 12.4. The van der Waals surface area contributed by atoms with Crippen LogP contribution in [-0.4, -0.2) is 24.0 Å². The van der Waals surface area contributed by atoms with Crippen LogP contribution in [0.15, 0.2) is 46.9 Å². The van der Waals surface area contributed by atoms with Crippen molar-refractivity contribution in [3.63, 3.8) is 0 Å². The van der Waals surface area contributed by atoms with E-state index >= 15 is 0 Å². The van der Waals surface area contributed by atoms with Gasteiger partial charge in [0, 0.05) is 16.3 Å². The smallest absolute Gasteiger partial charge is 0.156 e. The van der Waals surface area contributed by atoms with Crippen molar-refractivity contribution >= 4 is 31.8 Å². The largest absolute Gasteiger partial charge is 0.456 e. The van der Waals surface area contributed by atoms with Crippen molar-refractivity contribution in [3.05, 3.63) is 48.0 Å². The van der Waals surface area contributed by atoms with Gasteiger partial charge in [0.25, 0.3) is 0 Å². The van der Waals surface area contributed by atoms with Crippen molar-refractivity contribution in [1.82, 2.24) is 0 Å². The van der Waals surface area contributed by atoms with Gasteiger partial charge in [-0.3, -0.25) is 0 Å². The highest BCUT2D eigenvalue weighted by Crippen LogP contribution is 2.49. The van der Waals surface area contributed by atoms with Crippen LogP contribution in [0.3, 0.4) is 0 Å². The highest BCUT2D eigenvalue weighted by molar-refractivity contribution is 7.93. The fraction of sp³-hybridized carbons (Fsp3) is 0.368. The van der Waals surface area contributed by atoms with Crippen LogP contribution in [-0.2, 0) is 15.4 Å². The molecule has 2 fully saturated rings. The summed E-state index contributed by atoms with van der Waals surface area (Å²) in [7, 11) is -3.08. The molecule has 3 heterocycles. The SMILES string of the molecule is O=S1(=O)C2CCC1CC(O)(c1cccc3c1oc1ccccc13)C2. The summed E-state index contributed by atoms with van der Waals surface area (Å²) in [5.41, 5.74) is 1.06. The first kappa shape index (κ1) is 14.5. The number of aliphatic hydroxyl groups is 1. The molecule has 0 saturated carbocycles. The first-order valence-corrected chi connectivity index (χ1v) is 9.96. The second-order valence-electron chi connectivity index (χ2n) is 7.13. The number of hydrogen-bond donors (Lipinski definition) is 1. The number of hydrogen-bond acceptors (Lipinski definition) is 4. The molecular weight excluding hydrogens is 324 g/mol. The molecule has 2 aromatic carbocycles. The van der Waals surface area contributed by atoms with Crippen LogP contribution in [0.5, 0.6) is 0 Å². The monoisotopic (exact) mass is 342 g/mol. The molecule has 2 atom stereocenters. The third-order valence-electron chi connectivity index (χ3n) is 5.78. The zero-order valence-electron chi connectivity index (χ0n) is 13.1. The van der Waals surface area contributed by atoms with Crippen LogP contribution in [0.2, 0.25) is 0 Å². The van der Waals surface area contributed by atoms with Crippen molar-refractivity contribution in [2.24, 2.45) is 0 Å². The molecule has 5 rings (SSSR count). The third-order valence-corrected chi connectivity index (χ3v) is 8.44. The fourth-order valence-electron chi connectivity index (χ4n) is 4.58. The van der Waals surface area contributed by atoms with Gasteiger partial charge in [0.05, 0.1) is 16.1 Å². The highest BCUT2D eigenvalue weighted by atomic mass is 32.2. The van der Waals surface area contributed by atoms with E-state index in [1.165, 1.54) is 0 Å². The quantitative estimate of drug-likeness (QED) is 0.735. The molecule has 24 heavy (non-hydrogen) atoms. The highest BCUT2D eigenvalue weighted by Gasteiger charge is 2.53. The van der Waals surface area contributed by atoms with Crippen LogP contribution in [0.1, 0.15) is 31.2 Å². The summed E-state index contributed by atoms with van der Waals surface area (Å²) in [4.78, 5) is 0. The Morgan fingerprint density at radius 3 is 2.38 bits per heavy atom. The molecule has 0 aliphatic carbocycles. The lowest BCUT2D eigenvalue weighted by Crippen LogP contribution is -2.43. The number of furan rings is 1. The lowest BCUT2D eigenvalue weighted by atomic mass is 9.85. The zero-order valence-corrected chi connectivity index (χ0v) is 13.9. The van der Waals surface area contributed by atoms with Crippen LogP contribution in [0.25, 0.3) is 21.9 Å². The van der Waals surface area contributed by atoms with Crippen molar-refractivity contribution in [3.8, 4) is 0 Å². The molecule has 1 N–H and O–H groups in total. The summed E-state index contributed by atoms with van der Waals surface area (Å²) in [6.45, 7) is 0. The van der Waals surface area contributed by atoms with Crippen LogP contribution in [0, 0.1) is 0 Å². The number of fused-ring (bicyclic) bond motifs is 5. The standard InChI is InChI=1S/C19H18O4S/c20-19(10-12-8-9-13(11-19)24(12,21)22)16-6-3-5-15-14-4-1-2-7-17(14)23-18(15)16/h1-7,12-13,20H,8-11H2. The minimum absolute atomic E-state index is 0.266. The number of para-hydroxylation sites is 2. The van der Waals surface area contributed by atoms with Gasteiger partial charge < -0.3 is 9.52 Å². The molecule has 5 heteroatoms. The Bertz CT molecular complexity index is 1040. The summed E-state index contributed by atoms with van der Waals surface area (Å²) in [5, 5.41) is 12.5. The van der Waals surface area contributed by atoms with Crippen molar-refractivity contribution < 1.29 is 17.9 Å². The summed E-state index contributed by atoms with van der Waals surface area (Å²) in [6, 6.07) is 13.6. The Kier molecular flexibility index (Phi) is 2.78. The Labute approximate surface area is 140 Å². The Hall–Kier alpha value is -1.85. The predicted octanol–water partition coefficient (Wildman–Crippen LogP) is 3.51. The van der Waals surface area contributed by atoms with Crippen LogP contribution in [0.4, 0.5) is 0 Å². The minimum Gasteiger partial charge on any atom is -0.456 e. The maximum atomic E-state index is 12.4. The first-order valence-electron chi connectivity index (χ1n) is 8.35. The average Bonchev–Trinajstić information content (AvgIpc) is 2.98. The van der Waals surface area contributed by atoms with E-state index in [-0.39, 0.29) is 12.8 Å². The van der Waals surface area contributed by atoms with E-state index in [1.54, 1.807) is 0 Å². The van der Waals surface area contributed by atoms with Gasteiger partial charge in [0.15, 0.2) is 9.84 Å². The zero-order chi connectivity index (χ0) is 16.5. The molecular formula is C19H18O4S. The average molecular weight is 342 g/mol. The molecule has 1 aromatic heterocycles. The number of sulfone groups is 1. The van der Waals surface area contributed by atoms with Crippen LogP contribution >= 0.6 is 0 Å². The molecule has 0 amide bonds. The van der Waals surface area contributed by atoms with E-state index in [2.05, 4.69) is 0 Å². The Morgan fingerprint density at radius 2 is 1.62 bits per heavy atom. The topological polar surface area (TPSA) is 67.5 Å². The van der Waals surface area contributed by atoms with Crippen molar-refractivity contribution in [2.45, 2.75) is 41.8 Å². The third kappa shape index (κ3) is 1.80. The molecule has 2 saturated heterocycles. The minimum atomic E-state index is -3.08. The van der Waals surface area contributed by atoms with Crippen molar-refractivity contribution in [2.75, 3.05) is 0 Å². The fourth-order valence-corrected chi connectivity index (χ4v) is 7.07. The molecule has 2 aliphatic heterocycles. The normalized spacial score (nSPS) is 31.7. The van der Waals surface area contributed by atoms with E-state index in [0.717, 1.165) is 21.9 Å². The summed E-state index contributed by atoms with van der Waals surface area (Å²) < 4.78 is 30.8. The Morgan fingerprint density at radius 1 is 0.958 bits per heavy atom. The summed E-state index contributed by atoms with van der Waals surface area (Å²) >= 11 is 0. The van der Waals surface area contributed by atoms with Gasteiger partial charge in [-0.05, 0) is 31.7 Å². The molecule has 2 aliphatic rings. The summed E-state index contributed by atoms with van der Waals surface area (Å²) in [6.07, 6.45) is 1.85. The van der Waals surface area contributed by atoms with E-state index in [4.69, 9.17) is 4.42 Å². The van der Waals surface area contributed by atoms with Gasteiger partial charge >= 0.3 is 0 Å². The molecule has 0 spiro atoms. The molecule has 3 aromatic rings. The Balaban J connectivity index is 1.72. The van der Waals surface area contributed by atoms with Gasteiger partial charge in [-0.2, -0.15) is 0 Å². The second kappa shape index (κ2) is 4.61. The van der Waals surface area contributed by atoms with Gasteiger partial charge in [0.1, 0.15) is 11.2 Å². The summed E-state index contributed by atoms with van der Waals surface area (Å²) in [5.74, 6) is 0. The van der Waals surface area contributed by atoms with E-state index in [1.807, 2.05) is 42.5 Å². The second-order valence-corrected chi connectivity index (χ2v) is 9.64.